The molecule has 0 unspecified atom stereocenters. The zero-order valence-electron chi connectivity index (χ0n) is 16.6. The molecule has 1 aromatic heterocycles. The van der Waals surface area contributed by atoms with Crippen molar-refractivity contribution < 1.29 is 4.79 Å². The Bertz CT molecular complexity index is 1030. The topological polar surface area (TPSA) is 48.5 Å². The van der Waals surface area contributed by atoms with Crippen molar-refractivity contribution in [3.05, 3.63) is 62.9 Å². The Morgan fingerprint density at radius 1 is 1.17 bits per heavy atom. The Labute approximate surface area is 193 Å². The number of anilines is 2. The predicted molar refractivity (Wildman–Crippen MR) is 129 cm³/mol. The summed E-state index contributed by atoms with van der Waals surface area (Å²) in [7, 11) is 0. The third-order valence-corrected chi connectivity index (χ3v) is 6.66. The molecule has 1 amide bonds. The molecule has 1 aliphatic heterocycles. The quantitative estimate of drug-likeness (QED) is 0.511. The average molecular weight is 506 g/mol. The van der Waals surface area contributed by atoms with Crippen molar-refractivity contribution in [2.24, 2.45) is 0 Å². The maximum absolute atomic E-state index is 12.5. The van der Waals surface area contributed by atoms with Crippen molar-refractivity contribution in [1.29, 1.82) is 0 Å². The molecule has 0 spiro atoms. The second-order valence-electron chi connectivity index (χ2n) is 7.29. The number of piperazine rings is 1. The minimum atomic E-state index is -0.0286. The Hall–Kier alpha value is -1.93. The van der Waals surface area contributed by atoms with E-state index >= 15 is 0 Å². The third kappa shape index (κ3) is 5.21. The number of benzene rings is 2. The van der Waals surface area contributed by atoms with Gasteiger partial charge in [0.25, 0.3) is 0 Å². The van der Waals surface area contributed by atoms with Gasteiger partial charge < -0.3 is 10.2 Å². The van der Waals surface area contributed by atoms with Crippen molar-refractivity contribution in [3.8, 4) is 11.3 Å². The summed E-state index contributed by atoms with van der Waals surface area (Å²) in [6.45, 7) is 5.89. The van der Waals surface area contributed by atoms with Crippen molar-refractivity contribution in [1.82, 2.24) is 9.88 Å². The second-order valence-corrected chi connectivity index (χ2v) is 9.50. The van der Waals surface area contributed by atoms with E-state index in [1.54, 1.807) is 0 Å². The predicted octanol–water partition coefficient (Wildman–Crippen LogP) is 5.30. The molecule has 0 saturated carbocycles. The lowest BCUT2D eigenvalue weighted by molar-refractivity contribution is -0.117. The fraction of sp³-hybridized carbons (Fsp3) is 0.273. The van der Waals surface area contributed by atoms with Crippen LogP contribution in [0, 0.1) is 6.92 Å². The Kier molecular flexibility index (Phi) is 6.73. The number of hydrogen-bond acceptors (Lipinski definition) is 5. The molecule has 0 aliphatic carbocycles. The number of thiazole rings is 1. The van der Waals surface area contributed by atoms with E-state index in [4.69, 9.17) is 11.6 Å². The number of carbonyl (C=O) groups is 1. The average Bonchev–Trinajstić information content (AvgIpc) is 3.19. The van der Waals surface area contributed by atoms with E-state index in [2.05, 4.69) is 43.0 Å². The first kappa shape index (κ1) is 21.3. The molecule has 0 bridgehead atoms. The highest BCUT2D eigenvalue weighted by Crippen LogP contribution is 2.27. The summed E-state index contributed by atoms with van der Waals surface area (Å²) in [5.41, 5.74) is 4.29. The molecular formula is C22H22BrClN4OS. The zero-order valence-corrected chi connectivity index (χ0v) is 19.7. The number of carbonyl (C=O) groups excluding carboxylic acids is 1. The molecule has 3 aromatic rings. The van der Waals surface area contributed by atoms with Crippen LogP contribution in [0.25, 0.3) is 11.3 Å². The molecule has 2 heterocycles. The van der Waals surface area contributed by atoms with E-state index in [0.717, 1.165) is 46.9 Å². The monoisotopic (exact) mass is 504 g/mol. The summed E-state index contributed by atoms with van der Waals surface area (Å²) in [5.74, 6) is -0.0286. The van der Waals surface area contributed by atoms with Gasteiger partial charge in [-0.1, -0.05) is 45.7 Å². The highest BCUT2D eigenvalue weighted by Gasteiger charge is 2.21. The van der Waals surface area contributed by atoms with Gasteiger partial charge >= 0.3 is 0 Å². The first-order valence-corrected chi connectivity index (χ1v) is 11.8. The van der Waals surface area contributed by atoms with Gasteiger partial charge in [-0.05, 0) is 36.8 Å². The number of amides is 1. The summed E-state index contributed by atoms with van der Waals surface area (Å²) in [6.07, 6.45) is 0. The van der Waals surface area contributed by atoms with E-state index in [0.29, 0.717) is 11.7 Å². The van der Waals surface area contributed by atoms with Crippen LogP contribution in [0.1, 0.15) is 5.56 Å². The van der Waals surface area contributed by atoms with Gasteiger partial charge in [0.15, 0.2) is 5.13 Å². The molecule has 30 heavy (non-hydrogen) atoms. The van der Waals surface area contributed by atoms with Crippen LogP contribution in [0.4, 0.5) is 10.8 Å². The van der Waals surface area contributed by atoms with Gasteiger partial charge in [0, 0.05) is 52.3 Å². The van der Waals surface area contributed by atoms with Crippen LogP contribution in [0.15, 0.2) is 52.3 Å². The number of halogens is 2. The van der Waals surface area contributed by atoms with Gasteiger partial charge in [0.1, 0.15) is 0 Å². The normalized spacial score (nSPS) is 14.7. The van der Waals surface area contributed by atoms with Gasteiger partial charge in [0.05, 0.1) is 12.2 Å². The summed E-state index contributed by atoms with van der Waals surface area (Å²) < 4.78 is 1.03. The lowest BCUT2D eigenvalue weighted by Gasteiger charge is -2.36. The number of nitrogens with zero attached hydrogens (tertiary/aromatic N) is 3. The maximum atomic E-state index is 12.5. The minimum absolute atomic E-state index is 0.0286. The summed E-state index contributed by atoms with van der Waals surface area (Å²) >= 11 is 11.0. The molecule has 1 N–H and O–H groups in total. The number of aryl methyl sites for hydroxylation is 1. The maximum Gasteiger partial charge on any atom is 0.240 e. The number of nitrogens with one attached hydrogen (secondary N) is 1. The molecule has 156 valence electrons. The molecular weight excluding hydrogens is 484 g/mol. The first-order chi connectivity index (χ1) is 14.5. The fourth-order valence-corrected chi connectivity index (χ4v) is 4.68. The van der Waals surface area contributed by atoms with Crippen molar-refractivity contribution in [3.63, 3.8) is 0 Å². The smallest absolute Gasteiger partial charge is 0.240 e. The Morgan fingerprint density at radius 2 is 1.90 bits per heavy atom. The molecule has 1 aliphatic rings. The van der Waals surface area contributed by atoms with E-state index < -0.39 is 0 Å². The van der Waals surface area contributed by atoms with Crippen LogP contribution in [-0.4, -0.2) is 48.5 Å². The van der Waals surface area contributed by atoms with Crippen LogP contribution in [0.3, 0.4) is 0 Å². The van der Waals surface area contributed by atoms with Gasteiger partial charge in [-0.25, -0.2) is 4.98 Å². The van der Waals surface area contributed by atoms with Crippen LogP contribution >= 0.6 is 38.9 Å². The van der Waals surface area contributed by atoms with Crippen molar-refractivity contribution in [2.45, 2.75) is 6.92 Å². The lowest BCUT2D eigenvalue weighted by atomic mass is 10.1. The number of rotatable bonds is 5. The molecule has 5 nitrogen and oxygen atoms in total. The molecule has 0 atom stereocenters. The van der Waals surface area contributed by atoms with E-state index in [1.165, 1.54) is 22.6 Å². The fourth-order valence-electron chi connectivity index (χ4n) is 3.52. The zero-order chi connectivity index (χ0) is 21.1. The summed E-state index contributed by atoms with van der Waals surface area (Å²) in [6, 6.07) is 14.0. The third-order valence-electron chi connectivity index (χ3n) is 5.14. The largest absolute Gasteiger partial charge is 0.369 e. The summed E-state index contributed by atoms with van der Waals surface area (Å²) in [4.78, 5) is 21.6. The SMILES string of the molecule is Cc1ccc(Cl)cc1N1CCN(CC(=O)Nc2nc(-c3ccc(Br)cc3)cs2)CC1. The van der Waals surface area contributed by atoms with Gasteiger partial charge in [0.2, 0.25) is 5.91 Å². The molecule has 2 aromatic carbocycles. The molecule has 1 saturated heterocycles. The Balaban J connectivity index is 1.29. The van der Waals surface area contributed by atoms with Crippen LogP contribution in [-0.2, 0) is 4.79 Å². The van der Waals surface area contributed by atoms with Crippen LogP contribution < -0.4 is 10.2 Å². The second kappa shape index (κ2) is 9.47. The highest BCUT2D eigenvalue weighted by molar-refractivity contribution is 9.10. The molecule has 8 heteroatoms. The highest BCUT2D eigenvalue weighted by atomic mass is 79.9. The number of hydrogen-bond donors (Lipinski definition) is 1. The standard InChI is InChI=1S/C22H22BrClN4OS/c1-15-2-7-18(24)12-20(15)28-10-8-27(9-11-28)13-21(29)26-22-25-19(14-30-22)16-3-5-17(23)6-4-16/h2-7,12,14H,8-11,13H2,1H3,(H,25,26,29). The van der Waals surface area contributed by atoms with Gasteiger partial charge in [-0.3, -0.25) is 9.69 Å². The lowest BCUT2D eigenvalue weighted by Crippen LogP contribution is -2.48. The number of aromatic nitrogens is 1. The molecule has 4 rings (SSSR count). The van der Waals surface area contributed by atoms with Gasteiger partial charge in [-0.15, -0.1) is 11.3 Å². The van der Waals surface area contributed by atoms with Crippen LogP contribution in [0.2, 0.25) is 5.02 Å². The van der Waals surface area contributed by atoms with Crippen LogP contribution in [0.5, 0.6) is 0 Å². The molecule has 1 fully saturated rings. The first-order valence-electron chi connectivity index (χ1n) is 9.73. The van der Waals surface area contributed by atoms with E-state index in [1.807, 2.05) is 47.8 Å². The Morgan fingerprint density at radius 3 is 2.63 bits per heavy atom. The van der Waals surface area contributed by atoms with E-state index in [-0.39, 0.29) is 5.91 Å². The van der Waals surface area contributed by atoms with Crippen molar-refractivity contribution >= 4 is 55.6 Å². The summed E-state index contributed by atoms with van der Waals surface area (Å²) in [5, 5.41) is 6.28. The van der Waals surface area contributed by atoms with Gasteiger partial charge in [-0.2, -0.15) is 0 Å². The van der Waals surface area contributed by atoms with Crippen molar-refractivity contribution in [2.75, 3.05) is 42.9 Å². The minimum Gasteiger partial charge on any atom is -0.369 e. The van der Waals surface area contributed by atoms with E-state index in [9.17, 15) is 4.79 Å². The molecule has 0 radical (unpaired) electrons.